The first kappa shape index (κ1) is 17.3. The Balaban J connectivity index is 1.65. The zero-order valence-corrected chi connectivity index (χ0v) is 14.4. The van der Waals surface area contributed by atoms with E-state index in [1.807, 2.05) is 12.1 Å². The number of hydrogen-bond donors (Lipinski definition) is 1. The van der Waals surface area contributed by atoms with Gasteiger partial charge in [0, 0.05) is 18.5 Å². The number of carbonyl (C=O) groups is 2. The molecule has 3 rings (SSSR count). The van der Waals surface area contributed by atoms with Gasteiger partial charge in [-0.15, -0.1) is 0 Å². The van der Waals surface area contributed by atoms with Crippen molar-refractivity contribution in [1.29, 1.82) is 0 Å². The maximum absolute atomic E-state index is 12.5. The molecular formula is C18H22N2O5. The highest BCUT2D eigenvalue weighted by Gasteiger charge is 2.35. The van der Waals surface area contributed by atoms with Gasteiger partial charge in [-0.05, 0) is 17.2 Å². The molecule has 1 aromatic carbocycles. The molecule has 1 aromatic rings. The molecule has 0 bridgehead atoms. The Morgan fingerprint density at radius 3 is 2.72 bits per heavy atom. The summed E-state index contributed by atoms with van der Waals surface area (Å²) in [5.41, 5.74) is 3.00. The van der Waals surface area contributed by atoms with Gasteiger partial charge >= 0.3 is 12.1 Å². The molecule has 2 aliphatic heterocycles. The van der Waals surface area contributed by atoms with E-state index in [-0.39, 0.29) is 12.1 Å². The molecule has 7 nitrogen and oxygen atoms in total. The lowest BCUT2D eigenvalue weighted by molar-refractivity contribution is -0.142. The summed E-state index contributed by atoms with van der Waals surface area (Å²) in [6.45, 7) is 5.14. The van der Waals surface area contributed by atoms with Gasteiger partial charge < -0.3 is 19.5 Å². The topological polar surface area (TPSA) is 77.1 Å². The van der Waals surface area contributed by atoms with E-state index in [1.165, 1.54) is 7.11 Å². The Labute approximate surface area is 146 Å². The van der Waals surface area contributed by atoms with Crippen LogP contribution in [0.3, 0.4) is 0 Å². The number of esters is 1. The van der Waals surface area contributed by atoms with Crippen molar-refractivity contribution in [3.05, 3.63) is 35.4 Å². The van der Waals surface area contributed by atoms with E-state index in [4.69, 9.17) is 14.2 Å². The summed E-state index contributed by atoms with van der Waals surface area (Å²) in [5.74, 6) is 0.414. The number of benzene rings is 1. The van der Waals surface area contributed by atoms with Crippen LogP contribution in [0.1, 0.15) is 23.1 Å². The van der Waals surface area contributed by atoms with Crippen molar-refractivity contribution in [3.8, 4) is 5.75 Å². The Bertz CT molecular complexity index is 703. The highest BCUT2D eigenvalue weighted by Crippen LogP contribution is 2.34. The first-order valence-corrected chi connectivity index (χ1v) is 8.15. The van der Waals surface area contributed by atoms with Crippen LogP contribution in [0.4, 0.5) is 4.79 Å². The fourth-order valence-electron chi connectivity index (χ4n) is 3.33. The minimum absolute atomic E-state index is 0.340. The largest absolute Gasteiger partial charge is 0.496 e. The molecule has 0 radical (unpaired) electrons. The van der Waals surface area contributed by atoms with E-state index in [0.29, 0.717) is 26.1 Å². The minimum Gasteiger partial charge on any atom is -0.496 e. The molecule has 2 unspecified atom stereocenters. The fraction of sp³-hybridized carbons (Fsp3) is 0.444. The van der Waals surface area contributed by atoms with Crippen LogP contribution in [0.2, 0.25) is 0 Å². The molecule has 0 aliphatic carbocycles. The number of nitrogens with zero attached hydrogens (tertiary/aromatic N) is 1. The van der Waals surface area contributed by atoms with Gasteiger partial charge in [-0.3, -0.25) is 9.69 Å². The van der Waals surface area contributed by atoms with E-state index in [9.17, 15) is 9.59 Å². The molecular weight excluding hydrogens is 324 g/mol. The quantitative estimate of drug-likeness (QED) is 0.836. The standard InChI is InChI=1S/C18H22N2O5/c1-4-11-5-6-16(23-2)14-10-20(9-13(11)14)18(22)25-12-7-15(19-8-12)17(21)24-3/h4-6,12,15,19H,1,7-10H2,2-3H3. The van der Waals surface area contributed by atoms with E-state index in [0.717, 1.165) is 22.4 Å². The van der Waals surface area contributed by atoms with Gasteiger partial charge in [0.1, 0.15) is 17.9 Å². The third-order valence-corrected chi connectivity index (χ3v) is 4.66. The second-order valence-corrected chi connectivity index (χ2v) is 6.10. The van der Waals surface area contributed by atoms with Crippen LogP contribution in [-0.4, -0.2) is 49.9 Å². The van der Waals surface area contributed by atoms with Crippen LogP contribution in [-0.2, 0) is 27.4 Å². The molecule has 2 heterocycles. The molecule has 0 aromatic heterocycles. The smallest absolute Gasteiger partial charge is 0.410 e. The lowest BCUT2D eigenvalue weighted by Crippen LogP contribution is -2.31. The Morgan fingerprint density at radius 1 is 1.28 bits per heavy atom. The van der Waals surface area contributed by atoms with Crippen molar-refractivity contribution >= 4 is 18.1 Å². The van der Waals surface area contributed by atoms with Crippen molar-refractivity contribution < 1.29 is 23.8 Å². The predicted octanol–water partition coefficient (Wildman–Crippen LogP) is 1.69. The van der Waals surface area contributed by atoms with Crippen LogP contribution in [0.5, 0.6) is 5.75 Å². The highest BCUT2D eigenvalue weighted by atomic mass is 16.6. The van der Waals surface area contributed by atoms with Crippen LogP contribution in [0.15, 0.2) is 18.7 Å². The van der Waals surface area contributed by atoms with Gasteiger partial charge in [-0.2, -0.15) is 0 Å². The van der Waals surface area contributed by atoms with Gasteiger partial charge in [0.25, 0.3) is 0 Å². The third-order valence-electron chi connectivity index (χ3n) is 4.66. The lowest BCUT2D eigenvalue weighted by atomic mass is 10.0. The van der Waals surface area contributed by atoms with Gasteiger partial charge in [-0.25, -0.2) is 4.79 Å². The number of carbonyl (C=O) groups excluding carboxylic acids is 2. The first-order valence-electron chi connectivity index (χ1n) is 8.15. The molecule has 7 heteroatoms. The summed E-state index contributed by atoms with van der Waals surface area (Å²) in [6, 6.07) is 3.39. The SMILES string of the molecule is C=Cc1ccc(OC)c2c1CN(C(=O)OC1CNC(C(=O)OC)C1)C2. The average Bonchev–Trinajstić information content (AvgIpc) is 3.27. The van der Waals surface area contributed by atoms with Gasteiger partial charge in [0.15, 0.2) is 0 Å². The number of ether oxygens (including phenoxy) is 3. The van der Waals surface area contributed by atoms with E-state index < -0.39 is 12.1 Å². The maximum Gasteiger partial charge on any atom is 0.410 e. The zero-order valence-electron chi connectivity index (χ0n) is 14.4. The van der Waals surface area contributed by atoms with Crippen LogP contribution in [0.25, 0.3) is 6.08 Å². The third kappa shape index (κ3) is 3.32. The summed E-state index contributed by atoms with van der Waals surface area (Å²) in [5, 5.41) is 3.00. The number of rotatable bonds is 4. The van der Waals surface area contributed by atoms with E-state index in [1.54, 1.807) is 18.1 Å². The minimum atomic E-state index is -0.425. The zero-order chi connectivity index (χ0) is 18.0. The summed E-state index contributed by atoms with van der Waals surface area (Å²) in [7, 11) is 2.96. The van der Waals surface area contributed by atoms with Gasteiger partial charge in [0.05, 0.1) is 27.3 Å². The van der Waals surface area contributed by atoms with Crippen molar-refractivity contribution in [1.82, 2.24) is 10.2 Å². The number of methoxy groups -OCH3 is 2. The van der Waals surface area contributed by atoms with Crippen LogP contribution in [0, 0.1) is 0 Å². The highest BCUT2D eigenvalue weighted by molar-refractivity contribution is 5.76. The van der Waals surface area contributed by atoms with Crippen LogP contribution < -0.4 is 10.1 Å². The van der Waals surface area contributed by atoms with Crippen molar-refractivity contribution in [2.75, 3.05) is 20.8 Å². The summed E-state index contributed by atoms with van der Waals surface area (Å²) >= 11 is 0. The van der Waals surface area contributed by atoms with Crippen LogP contribution >= 0.6 is 0 Å². The molecule has 1 N–H and O–H groups in total. The Kier molecular flexibility index (Phi) is 4.94. The van der Waals surface area contributed by atoms with E-state index >= 15 is 0 Å². The molecule has 2 atom stereocenters. The molecule has 1 fully saturated rings. The number of amides is 1. The predicted molar refractivity (Wildman–Crippen MR) is 91.0 cm³/mol. The average molecular weight is 346 g/mol. The lowest BCUT2D eigenvalue weighted by Gasteiger charge is -2.18. The van der Waals surface area contributed by atoms with Gasteiger partial charge in [-0.1, -0.05) is 18.7 Å². The number of fused-ring (bicyclic) bond motifs is 1. The summed E-state index contributed by atoms with van der Waals surface area (Å²) in [4.78, 5) is 25.7. The Morgan fingerprint density at radius 2 is 2.04 bits per heavy atom. The summed E-state index contributed by atoms with van der Waals surface area (Å²) < 4.78 is 15.6. The van der Waals surface area contributed by atoms with Gasteiger partial charge in [0.2, 0.25) is 0 Å². The molecule has 0 saturated carbocycles. The first-order chi connectivity index (χ1) is 12.1. The normalized spacial score (nSPS) is 21.6. The Hall–Kier alpha value is -2.54. The number of hydrogen-bond acceptors (Lipinski definition) is 6. The van der Waals surface area contributed by atoms with Crippen molar-refractivity contribution in [2.45, 2.75) is 31.7 Å². The molecule has 134 valence electrons. The fourth-order valence-corrected chi connectivity index (χ4v) is 3.33. The monoisotopic (exact) mass is 346 g/mol. The second-order valence-electron chi connectivity index (χ2n) is 6.10. The second kappa shape index (κ2) is 7.14. The van der Waals surface area contributed by atoms with Crippen molar-refractivity contribution in [2.24, 2.45) is 0 Å². The van der Waals surface area contributed by atoms with E-state index in [2.05, 4.69) is 11.9 Å². The molecule has 1 saturated heterocycles. The van der Waals surface area contributed by atoms with Crippen molar-refractivity contribution in [3.63, 3.8) is 0 Å². The summed E-state index contributed by atoms with van der Waals surface area (Å²) in [6.07, 6.45) is 1.45. The molecule has 2 aliphatic rings. The number of nitrogens with one attached hydrogen (secondary N) is 1. The molecule has 1 amide bonds. The molecule has 0 spiro atoms. The maximum atomic E-state index is 12.5. The molecule has 25 heavy (non-hydrogen) atoms.